The molecule has 0 saturated carbocycles. The summed E-state index contributed by atoms with van der Waals surface area (Å²) in [5.74, 6) is 0. The van der Waals surface area contributed by atoms with Crippen molar-refractivity contribution >= 4 is 16.8 Å². The average molecular weight is 448 g/mol. The van der Waals surface area contributed by atoms with E-state index < -0.39 is 29.2 Å². The maximum Gasteiger partial charge on any atom is 0.429 e. The fourth-order valence-electron chi connectivity index (χ4n) is 4.03. The summed E-state index contributed by atoms with van der Waals surface area (Å²) in [6, 6.07) is 10.5. The van der Waals surface area contributed by atoms with Crippen molar-refractivity contribution < 1.29 is 36.2 Å². The van der Waals surface area contributed by atoms with E-state index in [1.54, 1.807) is 44.2 Å². The maximum absolute atomic E-state index is 13.5. The fraction of sp³-hybridized carbons (Fsp3) is 0.478. The molecule has 2 rings (SSSR count). The number of aliphatic hydroxyl groups is 1. The van der Waals surface area contributed by atoms with Gasteiger partial charge in [-0.25, -0.2) is 0 Å². The standard InChI is InChI=1S/C23H26F6O2/c1-6-15-10-9-11-16-12-13-17(14-18(15)16)20(7-2,8-3)31-19(4,5)21(30,22(24,25)26)23(27,28)29/h6,9-14,30H,1,7-8H2,2-5H3. The predicted octanol–water partition coefficient (Wildman–Crippen LogP) is 7.15. The molecule has 0 heterocycles. The second kappa shape index (κ2) is 8.13. The van der Waals surface area contributed by atoms with E-state index in [0.29, 0.717) is 19.4 Å². The topological polar surface area (TPSA) is 29.5 Å². The van der Waals surface area contributed by atoms with Crippen LogP contribution in [0.5, 0.6) is 0 Å². The highest BCUT2D eigenvalue weighted by atomic mass is 19.4. The van der Waals surface area contributed by atoms with Gasteiger partial charge in [-0.05, 0) is 54.7 Å². The molecular formula is C23H26F6O2. The second-order valence-corrected chi connectivity index (χ2v) is 8.01. The van der Waals surface area contributed by atoms with E-state index in [9.17, 15) is 31.4 Å². The molecule has 0 aromatic heterocycles. The van der Waals surface area contributed by atoms with Crippen molar-refractivity contribution in [1.29, 1.82) is 0 Å². The lowest BCUT2D eigenvalue weighted by atomic mass is 9.80. The van der Waals surface area contributed by atoms with Crippen molar-refractivity contribution in [2.45, 2.75) is 69.7 Å². The molecule has 31 heavy (non-hydrogen) atoms. The Morgan fingerprint density at radius 1 is 0.935 bits per heavy atom. The van der Waals surface area contributed by atoms with Gasteiger partial charge < -0.3 is 9.84 Å². The molecule has 0 fully saturated rings. The lowest BCUT2D eigenvalue weighted by Crippen LogP contribution is -2.70. The van der Waals surface area contributed by atoms with E-state index in [2.05, 4.69) is 6.58 Å². The summed E-state index contributed by atoms with van der Waals surface area (Å²) in [5.41, 5.74) is -8.43. The number of hydrogen-bond acceptors (Lipinski definition) is 2. The normalized spacial score (nSPS) is 14.2. The van der Waals surface area contributed by atoms with Crippen LogP contribution >= 0.6 is 0 Å². The van der Waals surface area contributed by atoms with Crippen molar-refractivity contribution in [1.82, 2.24) is 0 Å². The van der Waals surface area contributed by atoms with Gasteiger partial charge in [-0.1, -0.05) is 56.8 Å². The highest BCUT2D eigenvalue weighted by molar-refractivity contribution is 5.91. The Bertz CT molecular complexity index is 925. The minimum absolute atomic E-state index is 0.0838. The Morgan fingerprint density at radius 2 is 1.48 bits per heavy atom. The summed E-state index contributed by atoms with van der Waals surface area (Å²) < 4.78 is 86.8. The highest BCUT2D eigenvalue weighted by Crippen LogP contribution is 2.53. The first kappa shape index (κ1) is 25.2. The SMILES string of the molecule is C=Cc1cccc2ccc(C(CC)(CC)OC(C)(C)C(O)(C(F)(F)F)C(F)(F)F)cc12. The van der Waals surface area contributed by atoms with Gasteiger partial charge in [-0.3, -0.25) is 0 Å². The molecule has 2 nitrogen and oxygen atoms in total. The van der Waals surface area contributed by atoms with Crippen LogP contribution in [0.15, 0.2) is 43.0 Å². The first-order chi connectivity index (χ1) is 14.1. The van der Waals surface area contributed by atoms with Crippen LogP contribution < -0.4 is 0 Å². The molecular weight excluding hydrogens is 422 g/mol. The molecule has 0 amide bonds. The number of benzene rings is 2. The fourth-order valence-corrected chi connectivity index (χ4v) is 4.03. The largest absolute Gasteiger partial charge is 0.429 e. The molecule has 172 valence electrons. The van der Waals surface area contributed by atoms with Gasteiger partial charge in [0, 0.05) is 0 Å². The molecule has 0 aliphatic carbocycles. The van der Waals surface area contributed by atoms with E-state index in [1.165, 1.54) is 0 Å². The number of hydrogen-bond donors (Lipinski definition) is 1. The zero-order chi connectivity index (χ0) is 23.9. The van der Waals surface area contributed by atoms with Gasteiger partial charge in [-0.15, -0.1) is 0 Å². The number of ether oxygens (including phenoxy) is 1. The number of fused-ring (bicyclic) bond motifs is 1. The summed E-state index contributed by atoms with van der Waals surface area (Å²) in [5, 5.41) is 11.6. The smallest absolute Gasteiger partial charge is 0.371 e. The molecule has 0 unspecified atom stereocenters. The van der Waals surface area contributed by atoms with Crippen LogP contribution in [0.3, 0.4) is 0 Å². The van der Waals surface area contributed by atoms with Gasteiger partial charge in [-0.2, -0.15) is 26.3 Å². The Kier molecular flexibility index (Phi) is 6.61. The molecule has 8 heteroatoms. The Balaban J connectivity index is 2.69. The first-order valence-corrected chi connectivity index (χ1v) is 9.82. The summed E-state index contributed by atoms with van der Waals surface area (Å²) in [6.45, 7) is 8.20. The molecule has 0 aliphatic heterocycles. The molecule has 0 aliphatic rings. The first-order valence-electron chi connectivity index (χ1n) is 9.82. The zero-order valence-electron chi connectivity index (χ0n) is 17.8. The average Bonchev–Trinajstić information content (AvgIpc) is 2.68. The van der Waals surface area contributed by atoms with Crippen molar-refractivity contribution in [3.05, 3.63) is 54.1 Å². The third-order valence-electron chi connectivity index (χ3n) is 5.95. The van der Waals surface area contributed by atoms with E-state index >= 15 is 0 Å². The third-order valence-corrected chi connectivity index (χ3v) is 5.95. The quantitative estimate of drug-likeness (QED) is 0.456. The van der Waals surface area contributed by atoms with Crippen LogP contribution in [0, 0.1) is 0 Å². The Labute approximate surface area is 177 Å². The van der Waals surface area contributed by atoms with Crippen LogP contribution in [0.4, 0.5) is 26.3 Å². The lowest BCUT2D eigenvalue weighted by Gasteiger charge is -2.49. The van der Waals surface area contributed by atoms with Gasteiger partial charge in [0.05, 0.1) is 5.60 Å². The van der Waals surface area contributed by atoms with Gasteiger partial charge in [0.2, 0.25) is 0 Å². The van der Waals surface area contributed by atoms with E-state index in [1.807, 2.05) is 12.1 Å². The minimum Gasteiger partial charge on any atom is -0.371 e. The van der Waals surface area contributed by atoms with Crippen LogP contribution in [0.1, 0.15) is 51.7 Å². The maximum atomic E-state index is 13.5. The number of halogens is 6. The highest BCUT2D eigenvalue weighted by Gasteiger charge is 2.78. The molecule has 2 aromatic rings. The van der Waals surface area contributed by atoms with Gasteiger partial charge in [0.25, 0.3) is 5.60 Å². The monoisotopic (exact) mass is 448 g/mol. The molecule has 1 N–H and O–H groups in total. The summed E-state index contributed by atoms with van der Waals surface area (Å²) in [4.78, 5) is 0. The van der Waals surface area contributed by atoms with E-state index in [-0.39, 0.29) is 12.8 Å². The summed E-state index contributed by atoms with van der Waals surface area (Å²) >= 11 is 0. The van der Waals surface area contributed by atoms with Crippen molar-refractivity contribution in [2.24, 2.45) is 0 Å². The molecule has 0 spiro atoms. The van der Waals surface area contributed by atoms with Crippen LogP contribution in [-0.4, -0.2) is 28.7 Å². The van der Waals surface area contributed by atoms with Crippen molar-refractivity contribution in [3.63, 3.8) is 0 Å². The third kappa shape index (κ3) is 4.07. The molecule has 2 aromatic carbocycles. The Morgan fingerprint density at radius 3 is 1.94 bits per heavy atom. The van der Waals surface area contributed by atoms with Crippen LogP contribution in [0.25, 0.3) is 16.8 Å². The van der Waals surface area contributed by atoms with Gasteiger partial charge >= 0.3 is 12.4 Å². The molecule has 0 atom stereocenters. The second-order valence-electron chi connectivity index (χ2n) is 8.01. The predicted molar refractivity (Wildman–Crippen MR) is 109 cm³/mol. The molecule has 0 saturated heterocycles. The Hall–Kier alpha value is -2.06. The van der Waals surface area contributed by atoms with E-state index in [0.717, 1.165) is 16.3 Å². The number of alkyl halides is 6. The van der Waals surface area contributed by atoms with E-state index in [4.69, 9.17) is 4.74 Å². The van der Waals surface area contributed by atoms with Gasteiger partial charge in [0.1, 0.15) is 5.60 Å². The van der Waals surface area contributed by atoms with Crippen molar-refractivity contribution in [3.8, 4) is 0 Å². The van der Waals surface area contributed by atoms with Crippen molar-refractivity contribution in [2.75, 3.05) is 0 Å². The number of rotatable bonds is 7. The summed E-state index contributed by atoms with van der Waals surface area (Å²) in [7, 11) is 0. The van der Waals surface area contributed by atoms with Crippen LogP contribution in [-0.2, 0) is 10.3 Å². The molecule has 0 radical (unpaired) electrons. The minimum atomic E-state index is -6.00. The van der Waals surface area contributed by atoms with Gasteiger partial charge in [0.15, 0.2) is 0 Å². The zero-order valence-corrected chi connectivity index (χ0v) is 17.8. The molecule has 0 bridgehead atoms. The van der Waals surface area contributed by atoms with Crippen LogP contribution in [0.2, 0.25) is 0 Å². The summed E-state index contributed by atoms with van der Waals surface area (Å²) in [6.07, 6.45) is -10.2. The lowest BCUT2D eigenvalue weighted by molar-refractivity contribution is -0.422.